The maximum absolute atomic E-state index is 13.3. The minimum Gasteiger partial charge on any atom is -0.381 e. The molecule has 26 heavy (non-hydrogen) atoms. The third-order valence-corrected chi connectivity index (χ3v) is 6.11. The van der Waals surface area contributed by atoms with Crippen LogP contribution in [0, 0.1) is 0 Å². The van der Waals surface area contributed by atoms with Gasteiger partial charge in [-0.2, -0.15) is 0 Å². The van der Waals surface area contributed by atoms with Crippen molar-refractivity contribution in [2.45, 2.75) is 36.6 Å². The van der Waals surface area contributed by atoms with Crippen LogP contribution in [0.3, 0.4) is 0 Å². The zero-order valence-corrected chi connectivity index (χ0v) is 15.9. The Balaban J connectivity index is 1.56. The highest BCUT2D eigenvalue weighted by atomic mass is 35.5. The van der Waals surface area contributed by atoms with Gasteiger partial charge in [-0.3, -0.25) is 4.79 Å². The first-order chi connectivity index (χ1) is 12.6. The van der Waals surface area contributed by atoms with Crippen molar-refractivity contribution < 1.29 is 9.53 Å². The summed E-state index contributed by atoms with van der Waals surface area (Å²) in [4.78, 5) is 13.3. The molecular weight excluding hydrogens is 369 g/mol. The molecule has 2 aliphatic rings. The number of hydrogen-bond acceptors (Lipinski definition) is 2. The smallest absolute Gasteiger partial charge is 0.231 e. The Labute approximate surface area is 163 Å². The molecule has 2 aromatic carbocycles. The van der Waals surface area contributed by atoms with Crippen molar-refractivity contribution >= 4 is 29.1 Å². The topological polar surface area (TPSA) is 38.3 Å². The third-order valence-electron chi connectivity index (χ3n) is 5.56. The lowest BCUT2D eigenvalue weighted by Crippen LogP contribution is -2.49. The zero-order chi connectivity index (χ0) is 18.1. The molecule has 136 valence electrons. The molecule has 0 spiro atoms. The van der Waals surface area contributed by atoms with Crippen LogP contribution < -0.4 is 5.32 Å². The molecule has 1 N–H and O–H groups in total. The van der Waals surface area contributed by atoms with E-state index in [-0.39, 0.29) is 11.9 Å². The number of carbonyl (C=O) groups excluding carboxylic acids is 1. The van der Waals surface area contributed by atoms with Gasteiger partial charge in [0.1, 0.15) is 0 Å². The summed E-state index contributed by atoms with van der Waals surface area (Å²) in [6, 6.07) is 15.9. The number of ether oxygens (including phenoxy) is 1. The molecule has 1 aliphatic carbocycles. The average molecular weight is 390 g/mol. The molecule has 2 atom stereocenters. The van der Waals surface area contributed by atoms with Gasteiger partial charge >= 0.3 is 0 Å². The van der Waals surface area contributed by atoms with Crippen molar-refractivity contribution in [3.05, 3.63) is 69.7 Å². The van der Waals surface area contributed by atoms with Crippen molar-refractivity contribution in [2.75, 3.05) is 13.2 Å². The molecule has 1 saturated carbocycles. The minimum absolute atomic E-state index is 0.0495. The second-order valence-corrected chi connectivity index (χ2v) is 8.00. The molecule has 5 heteroatoms. The fourth-order valence-electron chi connectivity index (χ4n) is 3.95. The summed E-state index contributed by atoms with van der Waals surface area (Å²) in [6.07, 6.45) is 2.24. The average Bonchev–Trinajstić information content (AvgIpc) is 3.42. The predicted octanol–water partition coefficient (Wildman–Crippen LogP) is 4.71. The van der Waals surface area contributed by atoms with Gasteiger partial charge in [0.25, 0.3) is 0 Å². The summed E-state index contributed by atoms with van der Waals surface area (Å²) in [7, 11) is 0. The van der Waals surface area contributed by atoms with E-state index in [0.29, 0.717) is 42.0 Å². The van der Waals surface area contributed by atoms with E-state index in [4.69, 9.17) is 27.9 Å². The van der Waals surface area contributed by atoms with Crippen molar-refractivity contribution in [1.82, 2.24) is 5.32 Å². The van der Waals surface area contributed by atoms with Gasteiger partial charge in [0, 0.05) is 35.2 Å². The van der Waals surface area contributed by atoms with E-state index in [2.05, 4.69) is 17.4 Å². The minimum atomic E-state index is -0.649. The van der Waals surface area contributed by atoms with Gasteiger partial charge in [-0.05, 0) is 42.5 Å². The van der Waals surface area contributed by atoms with Gasteiger partial charge < -0.3 is 10.1 Å². The van der Waals surface area contributed by atoms with Gasteiger partial charge in [0.05, 0.1) is 5.41 Å². The van der Waals surface area contributed by atoms with Crippen LogP contribution in [0.5, 0.6) is 0 Å². The molecule has 3 nitrogen and oxygen atoms in total. The normalized spacial score (nSPS) is 24.1. The Morgan fingerprint density at radius 2 is 1.81 bits per heavy atom. The van der Waals surface area contributed by atoms with Crippen LogP contribution in [0.25, 0.3) is 0 Å². The highest BCUT2D eigenvalue weighted by Crippen LogP contribution is 2.44. The molecule has 4 rings (SSSR count). The first kappa shape index (κ1) is 17.8. The number of rotatable bonds is 4. The number of nitrogens with one attached hydrogen (secondary N) is 1. The second kappa shape index (κ2) is 7.22. The molecule has 0 aromatic heterocycles. The zero-order valence-electron chi connectivity index (χ0n) is 14.4. The highest BCUT2D eigenvalue weighted by molar-refractivity contribution is 6.35. The number of benzene rings is 2. The van der Waals surface area contributed by atoms with Crippen LogP contribution >= 0.6 is 23.2 Å². The number of amides is 1. The number of carbonyl (C=O) groups is 1. The first-order valence-corrected chi connectivity index (χ1v) is 9.75. The number of halogens is 2. The summed E-state index contributed by atoms with van der Waals surface area (Å²) in [5.41, 5.74) is 1.48. The fourth-order valence-corrected chi connectivity index (χ4v) is 4.54. The summed E-state index contributed by atoms with van der Waals surface area (Å²) in [5, 5.41) is 4.39. The molecule has 0 radical (unpaired) electrons. The van der Waals surface area contributed by atoms with E-state index in [1.807, 2.05) is 24.3 Å². The van der Waals surface area contributed by atoms with Crippen molar-refractivity contribution in [1.29, 1.82) is 0 Å². The van der Waals surface area contributed by atoms with E-state index in [0.717, 1.165) is 12.0 Å². The van der Waals surface area contributed by atoms with Crippen LogP contribution in [0.15, 0.2) is 48.5 Å². The molecule has 2 fully saturated rings. The van der Waals surface area contributed by atoms with Gasteiger partial charge in [0.15, 0.2) is 0 Å². The molecule has 1 saturated heterocycles. The summed E-state index contributed by atoms with van der Waals surface area (Å²) in [6.45, 7) is 1.11. The van der Waals surface area contributed by atoms with Crippen LogP contribution in [0.1, 0.15) is 36.3 Å². The van der Waals surface area contributed by atoms with E-state index < -0.39 is 5.41 Å². The van der Waals surface area contributed by atoms with Crippen molar-refractivity contribution in [2.24, 2.45) is 0 Å². The van der Waals surface area contributed by atoms with Gasteiger partial charge in [-0.25, -0.2) is 0 Å². The first-order valence-electron chi connectivity index (χ1n) is 8.99. The lowest BCUT2D eigenvalue weighted by atomic mass is 9.73. The molecular formula is C21H21Cl2NO2. The van der Waals surface area contributed by atoms with E-state index in [1.54, 1.807) is 12.1 Å². The monoisotopic (exact) mass is 389 g/mol. The molecule has 1 aliphatic heterocycles. The van der Waals surface area contributed by atoms with Gasteiger partial charge in [-0.15, -0.1) is 0 Å². The lowest BCUT2D eigenvalue weighted by molar-refractivity contribution is -0.130. The molecule has 1 heterocycles. The quantitative estimate of drug-likeness (QED) is 0.821. The molecule has 0 bridgehead atoms. The fraction of sp³-hybridized carbons (Fsp3) is 0.381. The summed E-state index contributed by atoms with van der Waals surface area (Å²) < 4.78 is 5.52. The van der Waals surface area contributed by atoms with Crippen LogP contribution in [-0.2, 0) is 14.9 Å². The van der Waals surface area contributed by atoms with Crippen molar-refractivity contribution in [3.63, 3.8) is 0 Å². The van der Waals surface area contributed by atoms with Gasteiger partial charge in [0.2, 0.25) is 5.91 Å². The Hall–Kier alpha value is -1.55. The highest BCUT2D eigenvalue weighted by Gasteiger charge is 2.47. The molecule has 1 amide bonds. The van der Waals surface area contributed by atoms with Crippen LogP contribution in [-0.4, -0.2) is 25.2 Å². The molecule has 0 unspecified atom stereocenters. The second-order valence-electron chi connectivity index (χ2n) is 7.15. The SMILES string of the molecule is O=C(N[C@@H]1C[C@@H]1c1ccccc1)C1(c2ccc(Cl)cc2Cl)CCOCC1. The number of hydrogen-bond donors (Lipinski definition) is 1. The van der Waals surface area contributed by atoms with Crippen LogP contribution in [0.2, 0.25) is 10.0 Å². The Kier molecular flexibility index (Phi) is 4.96. The third kappa shape index (κ3) is 3.36. The Bertz CT molecular complexity index is 803. The molecule has 2 aromatic rings. The van der Waals surface area contributed by atoms with E-state index in [9.17, 15) is 4.79 Å². The van der Waals surface area contributed by atoms with Crippen molar-refractivity contribution in [3.8, 4) is 0 Å². The maximum Gasteiger partial charge on any atom is 0.231 e. The standard InChI is InChI=1S/C21H21Cl2NO2/c22-15-6-7-17(18(23)12-15)21(8-10-26-11-9-21)20(25)24-19-13-16(19)14-4-2-1-3-5-14/h1-7,12,16,19H,8-11,13H2,(H,24,25)/t16-,19-/m1/s1. The van der Waals surface area contributed by atoms with E-state index in [1.165, 1.54) is 5.56 Å². The Morgan fingerprint density at radius 1 is 1.08 bits per heavy atom. The summed E-state index contributed by atoms with van der Waals surface area (Å²) >= 11 is 12.5. The largest absolute Gasteiger partial charge is 0.381 e. The summed E-state index contributed by atoms with van der Waals surface area (Å²) in [5.74, 6) is 0.450. The Morgan fingerprint density at radius 3 is 2.50 bits per heavy atom. The maximum atomic E-state index is 13.3. The lowest BCUT2D eigenvalue weighted by Gasteiger charge is -2.37. The van der Waals surface area contributed by atoms with Gasteiger partial charge in [-0.1, -0.05) is 59.6 Å². The predicted molar refractivity (Wildman–Crippen MR) is 104 cm³/mol. The van der Waals surface area contributed by atoms with Crippen LogP contribution in [0.4, 0.5) is 0 Å². The van der Waals surface area contributed by atoms with E-state index >= 15 is 0 Å².